The van der Waals surface area contributed by atoms with Crippen LogP contribution < -0.4 is 0 Å². The van der Waals surface area contributed by atoms with Gasteiger partial charge in [0, 0.05) is 6.54 Å². The Balaban J connectivity index is 2.53. The zero-order chi connectivity index (χ0) is 8.43. The van der Waals surface area contributed by atoms with Crippen LogP contribution in [0.25, 0.3) is 0 Å². The lowest BCUT2D eigenvalue weighted by Gasteiger charge is -2.10. The van der Waals surface area contributed by atoms with Crippen LogP contribution in [0.1, 0.15) is 0 Å². The third kappa shape index (κ3) is 1.57. The van der Waals surface area contributed by atoms with E-state index in [1.165, 1.54) is 4.90 Å². The number of carbonyl (C=O) groups excluding carboxylic acids is 1. The monoisotopic (exact) mass is 159 g/mol. The summed E-state index contributed by atoms with van der Waals surface area (Å²) in [6, 6.07) is 0. The maximum atomic E-state index is 12.6. The van der Waals surface area contributed by atoms with Gasteiger partial charge >= 0.3 is 0 Å². The molecule has 0 aliphatic carbocycles. The van der Waals surface area contributed by atoms with Crippen LogP contribution in [-0.4, -0.2) is 41.3 Å². The van der Waals surface area contributed by atoms with Crippen LogP contribution >= 0.6 is 0 Å². The number of β-amino-alcohol motifs (C(OH)–C–C–N with tert-alkyl or cyclic N) is 1. The number of hydrogen-bond acceptors (Lipinski definition) is 2. The molecule has 62 valence electrons. The van der Waals surface area contributed by atoms with E-state index in [-0.39, 0.29) is 19.0 Å². The molecule has 1 aliphatic heterocycles. The highest BCUT2D eigenvalue weighted by atomic mass is 19.1. The average Bonchev–Trinajstić information content (AvgIpc) is 2.31. The van der Waals surface area contributed by atoms with Gasteiger partial charge < -0.3 is 10.0 Å². The third-order valence-electron chi connectivity index (χ3n) is 1.71. The summed E-state index contributed by atoms with van der Waals surface area (Å²) in [4.78, 5) is 12.1. The number of aliphatic hydroxyl groups excluding tert-OH is 1. The maximum Gasteiger partial charge on any atom is 0.246 e. The van der Waals surface area contributed by atoms with Gasteiger partial charge in [-0.3, -0.25) is 4.79 Å². The topological polar surface area (TPSA) is 40.5 Å². The number of hydrogen-bond donors (Lipinski definition) is 1. The first-order valence-corrected chi connectivity index (χ1v) is 3.38. The standard InChI is InChI=1S/C7H10FNO2/c1-2-7(11)9-3-5(8)6(10)4-9/h2,5-6,10H,1,3-4H2/t5-,6-/m1/s1. The lowest BCUT2D eigenvalue weighted by molar-refractivity contribution is -0.125. The van der Waals surface area contributed by atoms with Crippen LogP contribution in [0.4, 0.5) is 4.39 Å². The number of amides is 1. The Morgan fingerprint density at radius 1 is 1.73 bits per heavy atom. The number of halogens is 1. The highest BCUT2D eigenvalue weighted by Crippen LogP contribution is 2.13. The van der Waals surface area contributed by atoms with Crippen molar-refractivity contribution in [1.82, 2.24) is 4.90 Å². The fraction of sp³-hybridized carbons (Fsp3) is 0.571. The zero-order valence-corrected chi connectivity index (χ0v) is 6.03. The Morgan fingerprint density at radius 3 is 2.73 bits per heavy atom. The second kappa shape index (κ2) is 3.00. The number of carbonyl (C=O) groups is 1. The van der Waals surface area contributed by atoms with Crippen molar-refractivity contribution in [3.63, 3.8) is 0 Å². The van der Waals surface area contributed by atoms with E-state index in [2.05, 4.69) is 6.58 Å². The maximum absolute atomic E-state index is 12.6. The summed E-state index contributed by atoms with van der Waals surface area (Å²) < 4.78 is 12.6. The molecule has 0 saturated carbocycles. The van der Waals surface area contributed by atoms with Gasteiger partial charge in [0.05, 0.1) is 6.54 Å². The van der Waals surface area contributed by atoms with Gasteiger partial charge in [0.15, 0.2) is 0 Å². The van der Waals surface area contributed by atoms with Crippen molar-refractivity contribution in [2.24, 2.45) is 0 Å². The van der Waals surface area contributed by atoms with Crippen molar-refractivity contribution >= 4 is 5.91 Å². The molecule has 1 N–H and O–H groups in total. The highest BCUT2D eigenvalue weighted by molar-refractivity contribution is 5.87. The molecule has 2 atom stereocenters. The lowest BCUT2D eigenvalue weighted by atomic mass is 10.3. The molecular formula is C7H10FNO2. The van der Waals surface area contributed by atoms with E-state index in [0.717, 1.165) is 6.08 Å². The van der Waals surface area contributed by atoms with Crippen molar-refractivity contribution in [3.8, 4) is 0 Å². The van der Waals surface area contributed by atoms with Crippen molar-refractivity contribution < 1.29 is 14.3 Å². The molecule has 1 heterocycles. The Hall–Kier alpha value is -0.900. The molecule has 1 amide bonds. The average molecular weight is 159 g/mol. The summed E-state index contributed by atoms with van der Waals surface area (Å²) in [6.07, 6.45) is -1.22. The molecule has 3 nitrogen and oxygen atoms in total. The summed E-state index contributed by atoms with van der Waals surface area (Å²) in [5, 5.41) is 8.91. The number of likely N-dealkylation sites (tertiary alicyclic amines) is 1. The largest absolute Gasteiger partial charge is 0.388 e. The molecule has 1 rings (SSSR count). The van der Waals surface area contributed by atoms with E-state index in [1.807, 2.05) is 0 Å². The molecule has 4 heteroatoms. The fourth-order valence-corrected chi connectivity index (χ4v) is 1.06. The van der Waals surface area contributed by atoms with E-state index in [1.54, 1.807) is 0 Å². The van der Waals surface area contributed by atoms with Crippen LogP contribution in [0.3, 0.4) is 0 Å². The Labute approximate surface area is 64.1 Å². The fourth-order valence-electron chi connectivity index (χ4n) is 1.06. The van der Waals surface area contributed by atoms with Crippen LogP contribution in [0.5, 0.6) is 0 Å². The zero-order valence-electron chi connectivity index (χ0n) is 6.03. The molecule has 0 aromatic rings. The van der Waals surface area contributed by atoms with Crippen molar-refractivity contribution in [3.05, 3.63) is 12.7 Å². The normalized spacial score (nSPS) is 30.5. The van der Waals surface area contributed by atoms with E-state index in [9.17, 15) is 9.18 Å². The van der Waals surface area contributed by atoms with E-state index < -0.39 is 12.3 Å². The molecule has 0 aromatic heterocycles. The molecule has 0 bridgehead atoms. The first kappa shape index (κ1) is 8.20. The number of rotatable bonds is 1. The smallest absolute Gasteiger partial charge is 0.246 e. The van der Waals surface area contributed by atoms with Gasteiger partial charge in [-0.15, -0.1) is 0 Å². The van der Waals surface area contributed by atoms with E-state index in [4.69, 9.17) is 5.11 Å². The number of alkyl halides is 1. The second-order valence-electron chi connectivity index (χ2n) is 2.53. The summed E-state index contributed by atoms with van der Waals surface area (Å²) in [7, 11) is 0. The summed E-state index contributed by atoms with van der Waals surface area (Å²) in [5.74, 6) is -0.329. The molecule has 11 heavy (non-hydrogen) atoms. The van der Waals surface area contributed by atoms with Gasteiger partial charge in [0.1, 0.15) is 12.3 Å². The van der Waals surface area contributed by atoms with E-state index in [0.29, 0.717) is 0 Å². The quantitative estimate of drug-likeness (QED) is 0.534. The molecule has 1 saturated heterocycles. The minimum Gasteiger partial charge on any atom is -0.388 e. The summed E-state index contributed by atoms with van der Waals surface area (Å²) >= 11 is 0. The SMILES string of the molecule is C=CC(=O)N1C[C@@H](O)[C@H](F)C1. The van der Waals surface area contributed by atoms with Gasteiger partial charge in [-0.05, 0) is 6.08 Å². The first-order valence-electron chi connectivity index (χ1n) is 3.38. The highest BCUT2D eigenvalue weighted by Gasteiger charge is 2.32. The second-order valence-corrected chi connectivity index (χ2v) is 2.53. The van der Waals surface area contributed by atoms with Crippen LogP contribution in [0, 0.1) is 0 Å². The molecule has 1 fully saturated rings. The van der Waals surface area contributed by atoms with Crippen LogP contribution in [0.15, 0.2) is 12.7 Å². The predicted molar refractivity (Wildman–Crippen MR) is 37.7 cm³/mol. The van der Waals surface area contributed by atoms with Crippen molar-refractivity contribution in [1.29, 1.82) is 0 Å². The van der Waals surface area contributed by atoms with Gasteiger partial charge in [0.2, 0.25) is 5.91 Å². The van der Waals surface area contributed by atoms with Gasteiger partial charge in [0.25, 0.3) is 0 Å². The number of aliphatic hydroxyl groups is 1. The molecule has 0 unspecified atom stereocenters. The molecule has 0 aromatic carbocycles. The number of nitrogens with zero attached hydrogens (tertiary/aromatic N) is 1. The molecule has 0 spiro atoms. The van der Waals surface area contributed by atoms with Crippen molar-refractivity contribution in [2.45, 2.75) is 12.3 Å². The van der Waals surface area contributed by atoms with Crippen LogP contribution in [0.2, 0.25) is 0 Å². The summed E-state index contributed by atoms with van der Waals surface area (Å²) in [5.41, 5.74) is 0. The first-order chi connectivity index (χ1) is 5.15. The Kier molecular flexibility index (Phi) is 2.24. The van der Waals surface area contributed by atoms with Gasteiger partial charge in [-0.25, -0.2) is 4.39 Å². The minimum atomic E-state index is -1.31. The lowest BCUT2D eigenvalue weighted by Crippen LogP contribution is -2.27. The summed E-state index contributed by atoms with van der Waals surface area (Å²) in [6.45, 7) is 3.31. The van der Waals surface area contributed by atoms with Crippen LogP contribution in [-0.2, 0) is 4.79 Å². The predicted octanol–water partition coefficient (Wildman–Crippen LogP) is -0.286. The van der Waals surface area contributed by atoms with Gasteiger partial charge in [-0.2, -0.15) is 0 Å². The van der Waals surface area contributed by atoms with Gasteiger partial charge in [-0.1, -0.05) is 6.58 Å². The Morgan fingerprint density at radius 2 is 2.36 bits per heavy atom. The minimum absolute atomic E-state index is 0.0218. The van der Waals surface area contributed by atoms with Crippen molar-refractivity contribution in [2.75, 3.05) is 13.1 Å². The molecular weight excluding hydrogens is 149 g/mol. The van der Waals surface area contributed by atoms with E-state index >= 15 is 0 Å². The third-order valence-corrected chi connectivity index (χ3v) is 1.71. The molecule has 0 radical (unpaired) electrons. The Bertz CT molecular complexity index is 173. The molecule has 1 aliphatic rings.